The molecule has 2 heterocycles. The maximum absolute atomic E-state index is 12.4. The molecule has 1 amide bonds. The SMILES string of the molecule is O=C(NCc1ccc(OCCOc2ccccc2)nc1)c1ccc(Cn2cccn2)cc1. The molecular weight excluding hydrogens is 404 g/mol. The first-order valence-electron chi connectivity index (χ1n) is 10.4. The van der Waals surface area contributed by atoms with E-state index in [9.17, 15) is 4.79 Å². The fourth-order valence-electron chi connectivity index (χ4n) is 3.05. The Balaban J connectivity index is 1.19. The van der Waals surface area contributed by atoms with E-state index in [1.807, 2.05) is 77.6 Å². The lowest BCUT2D eigenvalue weighted by atomic mass is 10.1. The summed E-state index contributed by atoms with van der Waals surface area (Å²) < 4.78 is 13.0. The number of amides is 1. The smallest absolute Gasteiger partial charge is 0.251 e. The van der Waals surface area contributed by atoms with Gasteiger partial charge in [0.25, 0.3) is 5.91 Å². The van der Waals surface area contributed by atoms with Crippen molar-refractivity contribution in [2.45, 2.75) is 13.1 Å². The first-order chi connectivity index (χ1) is 15.8. The number of carbonyl (C=O) groups is 1. The van der Waals surface area contributed by atoms with Crippen molar-refractivity contribution in [3.63, 3.8) is 0 Å². The summed E-state index contributed by atoms with van der Waals surface area (Å²) >= 11 is 0. The summed E-state index contributed by atoms with van der Waals surface area (Å²) in [5, 5.41) is 7.10. The van der Waals surface area contributed by atoms with E-state index in [2.05, 4.69) is 15.4 Å². The fraction of sp³-hybridized carbons (Fsp3) is 0.160. The maximum Gasteiger partial charge on any atom is 0.251 e. The van der Waals surface area contributed by atoms with Crippen LogP contribution < -0.4 is 14.8 Å². The summed E-state index contributed by atoms with van der Waals surface area (Å²) in [7, 11) is 0. The highest BCUT2D eigenvalue weighted by molar-refractivity contribution is 5.94. The molecule has 7 nitrogen and oxygen atoms in total. The largest absolute Gasteiger partial charge is 0.490 e. The van der Waals surface area contributed by atoms with Gasteiger partial charge in [0.15, 0.2) is 0 Å². The molecule has 0 bridgehead atoms. The van der Waals surface area contributed by atoms with Crippen LogP contribution in [0.4, 0.5) is 0 Å². The zero-order valence-corrected chi connectivity index (χ0v) is 17.6. The van der Waals surface area contributed by atoms with Gasteiger partial charge in [0, 0.05) is 36.8 Å². The number of carbonyl (C=O) groups excluding carboxylic acids is 1. The maximum atomic E-state index is 12.4. The van der Waals surface area contributed by atoms with Crippen LogP contribution in [-0.2, 0) is 13.1 Å². The lowest BCUT2D eigenvalue weighted by Gasteiger charge is -2.09. The standard InChI is InChI=1S/C25H24N4O3/c30-25(22-10-7-20(8-11-22)19-29-14-4-13-28-29)27-18-21-9-12-24(26-17-21)32-16-15-31-23-5-2-1-3-6-23/h1-14,17H,15-16,18-19H2,(H,27,30). The minimum Gasteiger partial charge on any atom is -0.490 e. The van der Waals surface area contributed by atoms with Gasteiger partial charge in [0.1, 0.15) is 19.0 Å². The number of nitrogens with zero attached hydrogens (tertiary/aromatic N) is 3. The predicted octanol–water partition coefficient (Wildman–Crippen LogP) is 3.71. The Morgan fingerprint density at radius 2 is 1.66 bits per heavy atom. The molecule has 0 aliphatic rings. The van der Waals surface area contributed by atoms with Crippen molar-refractivity contribution in [3.05, 3.63) is 108 Å². The first kappa shape index (κ1) is 21.1. The number of aromatic nitrogens is 3. The molecule has 0 saturated heterocycles. The van der Waals surface area contributed by atoms with E-state index in [-0.39, 0.29) is 5.91 Å². The van der Waals surface area contributed by atoms with Crippen molar-refractivity contribution in [3.8, 4) is 11.6 Å². The minimum absolute atomic E-state index is 0.131. The fourth-order valence-corrected chi connectivity index (χ4v) is 3.05. The zero-order valence-electron chi connectivity index (χ0n) is 17.6. The summed E-state index contributed by atoms with van der Waals surface area (Å²) in [6.45, 7) is 1.89. The third-order valence-electron chi connectivity index (χ3n) is 4.72. The number of pyridine rings is 1. The molecular formula is C25H24N4O3. The molecule has 4 rings (SSSR count). The number of ether oxygens (including phenoxy) is 2. The van der Waals surface area contributed by atoms with Crippen LogP contribution in [0.3, 0.4) is 0 Å². The van der Waals surface area contributed by atoms with Crippen LogP contribution in [0, 0.1) is 0 Å². The summed E-state index contributed by atoms with van der Waals surface area (Å²) in [6.07, 6.45) is 5.35. The van der Waals surface area contributed by atoms with E-state index < -0.39 is 0 Å². The van der Waals surface area contributed by atoms with E-state index >= 15 is 0 Å². The molecule has 2 aromatic carbocycles. The normalized spacial score (nSPS) is 10.5. The molecule has 0 aliphatic carbocycles. The van der Waals surface area contributed by atoms with Crippen LogP contribution in [0.2, 0.25) is 0 Å². The van der Waals surface area contributed by atoms with Gasteiger partial charge in [-0.2, -0.15) is 5.10 Å². The summed E-state index contributed by atoms with van der Waals surface area (Å²) in [6, 6.07) is 22.7. The van der Waals surface area contributed by atoms with Gasteiger partial charge in [0.2, 0.25) is 5.88 Å². The van der Waals surface area contributed by atoms with Crippen molar-refractivity contribution >= 4 is 5.91 Å². The van der Waals surface area contributed by atoms with Crippen molar-refractivity contribution in [2.24, 2.45) is 0 Å². The molecule has 2 aromatic heterocycles. The number of hydrogen-bond acceptors (Lipinski definition) is 5. The second kappa shape index (κ2) is 10.8. The molecule has 0 spiro atoms. The van der Waals surface area contributed by atoms with E-state index in [4.69, 9.17) is 9.47 Å². The van der Waals surface area contributed by atoms with E-state index in [0.717, 1.165) is 16.9 Å². The highest BCUT2D eigenvalue weighted by atomic mass is 16.5. The second-order valence-corrected chi connectivity index (χ2v) is 7.10. The van der Waals surface area contributed by atoms with Crippen LogP contribution in [0.25, 0.3) is 0 Å². The Morgan fingerprint density at radius 1 is 0.875 bits per heavy atom. The van der Waals surface area contributed by atoms with Crippen LogP contribution >= 0.6 is 0 Å². The zero-order chi connectivity index (χ0) is 22.0. The van der Waals surface area contributed by atoms with Gasteiger partial charge in [-0.1, -0.05) is 36.4 Å². The van der Waals surface area contributed by atoms with Crippen LogP contribution in [0.1, 0.15) is 21.5 Å². The third kappa shape index (κ3) is 6.18. The number of benzene rings is 2. The summed E-state index contributed by atoms with van der Waals surface area (Å²) in [4.78, 5) is 16.7. The second-order valence-electron chi connectivity index (χ2n) is 7.10. The molecule has 0 unspecified atom stereocenters. The number of para-hydroxylation sites is 1. The molecule has 32 heavy (non-hydrogen) atoms. The highest BCUT2D eigenvalue weighted by Crippen LogP contribution is 2.11. The van der Waals surface area contributed by atoms with Crippen LogP contribution in [0.5, 0.6) is 11.6 Å². The molecule has 7 heteroatoms. The molecule has 162 valence electrons. The Labute approximate surface area is 186 Å². The quantitative estimate of drug-likeness (QED) is 0.390. The number of nitrogens with one attached hydrogen (secondary N) is 1. The molecule has 0 saturated carbocycles. The Hall–Kier alpha value is -4.13. The Bertz CT molecular complexity index is 1100. The monoisotopic (exact) mass is 428 g/mol. The Kier molecular flexibility index (Phi) is 7.10. The first-order valence-corrected chi connectivity index (χ1v) is 10.4. The summed E-state index contributed by atoms with van der Waals surface area (Å²) in [5.74, 6) is 1.20. The van der Waals surface area contributed by atoms with Gasteiger partial charge in [-0.05, 0) is 41.5 Å². The van der Waals surface area contributed by atoms with Crippen LogP contribution in [0.15, 0.2) is 91.4 Å². The van der Waals surface area contributed by atoms with Crippen molar-refractivity contribution in [1.82, 2.24) is 20.1 Å². The van der Waals surface area contributed by atoms with E-state index in [1.54, 1.807) is 18.5 Å². The molecule has 1 N–H and O–H groups in total. The molecule has 0 radical (unpaired) electrons. The number of hydrogen-bond donors (Lipinski definition) is 1. The van der Waals surface area contributed by atoms with Gasteiger partial charge in [-0.3, -0.25) is 9.48 Å². The minimum atomic E-state index is -0.131. The molecule has 0 aliphatic heterocycles. The number of rotatable bonds is 10. The molecule has 0 atom stereocenters. The van der Waals surface area contributed by atoms with E-state index in [0.29, 0.717) is 37.7 Å². The average Bonchev–Trinajstić information content (AvgIpc) is 3.35. The summed E-state index contributed by atoms with van der Waals surface area (Å²) in [5.41, 5.74) is 2.58. The van der Waals surface area contributed by atoms with Gasteiger partial charge < -0.3 is 14.8 Å². The molecule has 4 aromatic rings. The Morgan fingerprint density at radius 3 is 2.38 bits per heavy atom. The molecule has 0 fully saturated rings. The van der Waals surface area contributed by atoms with Gasteiger partial charge >= 0.3 is 0 Å². The lowest BCUT2D eigenvalue weighted by molar-refractivity contribution is 0.0951. The van der Waals surface area contributed by atoms with Crippen molar-refractivity contribution in [2.75, 3.05) is 13.2 Å². The highest BCUT2D eigenvalue weighted by Gasteiger charge is 2.06. The van der Waals surface area contributed by atoms with Gasteiger partial charge in [0.05, 0.1) is 6.54 Å². The predicted molar refractivity (Wildman–Crippen MR) is 121 cm³/mol. The average molecular weight is 428 g/mol. The van der Waals surface area contributed by atoms with E-state index in [1.165, 1.54) is 0 Å². The van der Waals surface area contributed by atoms with Crippen LogP contribution in [-0.4, -0.2) is 33.9 Å². The lowest BCUT2D eigenvalue weighted by Crippen LogP contribution is -2.22. The van der Waals surface area contributed by atoms with Gasteiger partial charge in [-0.25, -0.2) is 4.98 Å². The van der Waals surface area contributed by atoms with Crippen molar-refractivity contribution < 1.29 is 14.3 Å². The van der Waals surface area contributed by atoms with Gasteiger partial charge in [-0.15, -0.1) is 0 Å². The third-order valence-corrected chi connectivity index (χ3v) is 4.72. The topological polar surface area (TPSA) is 78.3 Å². The van der Waals surface area contributed by atoms with Crippen molar-refractivity contribution in [1.29, 1.82) is 0 Å².